The number of benzene rings is 1. The minimum atomic E-state index is -3.49. The number of hydrogen-bond acceptors (Lipinski definition) is 4. The Labute approximate surface area is 81.8 Å². The highest BCUT2D eigenvalue weighted by Crippen LogP contribution is 2.28. The minimum Gasteiger partial charge on any atom is -0.508 e. The first-order valence-corrected chi connectivity index (χ1v) is 5.59. The van der Waals surface area contributed by atoms with Crippen molar-refractivity contribution in [2.24, 2.45) is 0 Å². The van der Waals surface area contributed by atoms with Gasteiger partial charge in [-0.05, 0) is 19.1 Å². The van der Waals surface area contributed by atoms with Crippen molar-refractivity contribution >= 4 is 15.7 Å². The number of fused-ring (bicyclic) bond motifs is 1. The van der Waals surface area contributed by atoms with E-state index in [2.05, 4.69) is 10.0 Å². The van der Waals surface area contributed by atoms with Gasteiger partial charge in [-0.3, -0.25) is 0 Å². The van der Waals surface area contributed by atoms with Crippen LogP contribution in [0, 0.1) is 0 Å². The first-order chi connectivity index (χ1) is 6.49. The largest absolute Gasteiger partial charge is 0.508 e. The summed E-state index contributed by atoms with van der Waals surface area (Å²) in [6, 6.07) is 4.20. The van der Waals surface area contributed by atoms with E-state index in [1.54, 1.807) is 13.0 Å². The van der Waals surface area contributed by atoms with Crippen LogP contribution in [0.15, 0.2) is 23.1 Å². The lowest BCUT2D eigenvalue weighted by Gasteiger charge is -2.25. The molecule has 14 heavy (non-hydrogen) atoms. The fraction of sp³-hybridized carbons (Fsp3) is 0.250. The lowest BCUT2D eigenvalue weighted by atomic mass is 10.3. The van der Waals surface area contributed by atoms with Crippen LogP contribution in [0.25, 0.3) is 0 Å². The molecule has 1 aromatic rings. The third-order valence-corrected chi connectivity index (χ3v) is 3.54. The molecule has 0 spiro atoms. The lowest BCUT2D eigenvalue weighted by molar-refractivity contribution is 0.472. The lowest BCUT2D eigenvalue weighted by Crippen LogP contribution is -2.42. The molecule has 0 radical (unpaired) electrons. The van der Waals surface area contributed by atoms with E-state index >= 15 is 0 Å². The Morgan fingerprint density at radius 1 is 1.43 bits per heavy atom. The van der Waals surface area contributed by atoms with E-state index in [0.29, 0.717) is 5.69 Å². The number of sulfonamides is 1. The summed E-state index contributed by atoms with van der Waals surface area (Å²) in [6.07, 6.45) is -0.336. The maximum atomic E-state index is 11.6. The van der Waals surface area contributed by atoms with Gasteiger partial charge < -0.3 is 10.4 Å². The van der Waals surface area contributed by atoms with Gasteiger partial charge >= 0.3 is 0 Å². The SMILES string of the molecule is CC1Nc2ccc(O)cc2S(=O)(=O)N1. The molecular weight excluding hydrogens is 204 g/mol. The second kappa shape index (κ2) is 2.86. The highest BCUT2D eigenvalue weighted by Gasteiger charge is 2.26. The van der Waals surface area contributed by atoms with E-state index in [-0.39, 0.29) is 16.8 Å². The molecule has 1 aromatic carbocycles. The number of rotatable bonds is 0. The van der Waals surface area contributed by atoms with E-state index in [1.165, 1.54) is 12.1 Å². The smallest absolute Gasteiger partial charge is 0.244 e. The number of nitrogens with one attached hydrogen (secondary N) is 2. The molecule has 2 rings (SSSR count). The average molecular weight is 214 g/mol. The molecule has 1 aliphatic heterocycles. The third-order valence-electron chi connectivity index (χ3n) is 1.96. The van der Waals surface area contributed by atoms with Crippen LogP contribution >= 0.6 is 0 Å². The topological polar surface area (TPSA) is 78.4 Å². The van der Waals surface area contributed by atoms with Crippen LogP contribution in [0.3, 0.4) is 0 Å². The molecule has 76 valence electrons. The highest BCUT2D eigenvalue weighted by atomic mass is 32.2. The van der Waals surface area contributed by atoms with E-state index in [1.807, 2.05) is 0 Å². The summed E-state index contributed by atoms with van der Waals surface area (Å²) >= 11 is 0. The van der Waals surface area contributed by atoms with Crippen molar-refractivity contribution in [2.45, 2.75) is 18.0 Å². The molecule has 6 heteroatoms. The molecule has 0 fully saturated rings. The van der Waals surface area contributed by atoms with Crippen LogP contribution in [-0.2, 0) is 10.0 Å². The van der Waals surface area contributed by atoms with Gasteiger partial charge in [0.15, 0.2) is 0 Å². The molecule has 0 aliphatic carbocycles. The Kier molecular flexibility index (Phi) is 1.90. The van der Waals surface area contributed by atoms with E-state index < -0.39 is 10.0 Å². The molecule has 1 heterocycles. The fourth-order valence-corrected chi connectivity index (χ4v) is 2.76. The van der Waals surface area contributed by atoms with Crippen molar-refractivity contribution in [1.82, 2.24) is 4.72 Å². The van der Waals surface area contributed by atoms with Crippen molar-refractivity contribution in [3.8, 4) is 5.75 Å². The average Bonchev–Trinajstić information content (AvgIpc) is 2.05. The van der Waals surface area contributed by atoms with E-state index in [9.17, 15) is 8.42 Å². The zero-order valence-electron chi connectivity index (χ0n) is 7.48. The molecule has 5 nitrogen and oxygen atoms in total. The predicted molar refractivity (Wildman–Crippen MR) is 51.5 cm³/mol. The second-order valence-electron chi connectivity index (χ2n) is 3.17. The van der Waals surface area contributed by atoms with Crippen molar-refractivity contribution in [1.29, 1.82) is 0 Å². The number of aromatic hydroxyl groups is 1. The van der Waals surface area contributed by atoms with Crippen molar-refractivity contribution in [3.05, 3.63) is 18.2 Å². The molecule has 1 unspecified atom stereocenters. The molecule has 0 bridgehead atoms. The quantitative estimate of drug-likeness (QED) is 0.548. The molecule has 0 saturated heterocycles. The van der Waals surface area contributed by atoms with Crippen LogP contribution in [0.2, 0.25) is 0 Å². The summed E-state index contributed by atoms with van der Waals surface area (Å²) in [5, 5.41) is 12.1. The van der Waals surface area contributed by atoms with Crippen LogP contribution in [-0.4, -0.2) is 19.7 Å². The van der Waals surface area contributed by atoms with Gasteiger partial charge in [-0.1, -0.05) is 0 Å². The van der Waals surface area contributed by atoms with Gasteiger partial charge in [0.05, 0.1) is 11.9 Å². The van der Waals surface area contributed by atoms with Crippen molar-refractivity contribution in [3.63, 3.8) is 0 Å². The van der Waals surface area contributed by atoms with Gasteiger partial charge in [-0.2, -0.15) is 4.72 Å². The molecule has 1 atom stereocenters. The van der Waals surface area contributed by atoms with Gasteiger partial charge in [0.1, 0.15) is 10.6 Å². The maximum Gasteiger partial charge on any atom is 0.244 e. The second-order valence-corrected chi connectivity index (χ2v) is 4.85. The molecule has 0 aromatic heterocycles. The van der Waals surface area contributed by atoms with Crippen LogP contribution in [0.1, 0.15) is 6.92 Å². The van der Waals surface area contributed by atoms with Gasteiger partial charge in [-0.25, -0.2) is 8.42 Å². The number of phenolic OH excluding ortho intramolecular Hbond substituents is 1. The molecule has 3 N–H and O–H groups in total. The Morgan fingerprint density at radius 3 is 2.86 bits per heavy atom. The van der Waals surface area contributed by atoms with Gasteiger partial charge in [0.25, 0.3) is 0 Å². The Hall–Kier alpha value is -1.27. The molecule has 0 saturated carbocycles. The summed E-state index contributed by atoms with van der Waals surface area (Å²) in [5.74, 6) is -0.0644. The van der Waals surface area contributed by atoms with Gasteiger partial charge in [0.2, 0.25) is 10.0 Å². The Balaban J connectivity index is 2.65. The minimum absolute atomic E-state index is 0.0644. The Bertz CT molecular complexity index is 469. The number of anilines is 1. The third kappa shape index (κ3) is 1.42. The standard InChI is InChI=1S/C8H10N2O3S/c1-5-9-7-3-2-6(11)4-8(7)14(12,13)10-5/h2-5,9-11H,1H3. The normalized spacial score (nSPS) is 23.6. The molecule has 1 aliphatic rings. The first kappa shape index (κ1) is 9.29. The first-order valence-electron chi connectivity index (χ1n) is 4.11. The fourth-order valence-electron chi connectivity index (χ4n) is 1.41. The number of phenols is 1. The summed E-state index contributed by atoms with van der Waals surface area (Å²) in [6.45, 7) is 1.70. The van der Waals surface area contributed by atoms with Gasteiger partial charge in [-0.15, -0.1) is 0 Å². The van der Waals surface area contributed by atoms with E-state index in [4.69, 9.17) is 5.11 Å². The summed E-state index contributed by atoms with van der Waals surface area (Å²) in [4.78, 5) is 0.0793. The maximum absolute atomic E-state index is 11.6. The van der Waals surface area contributed by atoms with Gasteiger partial charge in [0, 0.05) is 6.07 Å². The molecule has 0 amide bonds. The zero-order valence-corrected chi connectivity index (χ0v) is 8.30. The summed E-state index contributed by atoms with van der Waals surface area (Å²) < 4.78 is 25.5. The van der Waals surface area contributed by atoms with Crippen molar-refractivity contribution < 1.29 is 13.5 Å². The summed E-state index contributed by atoms with van der Waals surface area (Å²) in [7, 11) is -3.49. The van der Waals surface area contributed by atoms with E-state index in [0.717, 1.165) is 0 Å². The van der Waals surface area contributed by atoms with Crippen molar-refractivity contribution in [2.75, 3.05) is 5.32 Å². The van der Waals surface area contributed by atoms with Crippen LogP contribution in [0.5, 0.6) is 5.75 Å². The Morgan fingerprint density at radius 2 is 2.14 bits per heavy atom. The van der Waals surface area contributed by atoms with Crippen LogP contribution in [0.4, 0.5) is 5.69 Å². The molecular formula is C8H10N2O3S. The monoisotopic (exact) mass is 214 g/mol. The predicted octanol–water partition coefficient (Wildman–Crippen LogP) is 0.442. The number of hydrogen-bond donors (Lipinski definition) is 3. The summed E-state index contributed by atoms with van der Waals surface area (Å²) in [5.41, 5.74) is 0.508. The zero-order chi connectivity index (χ0) is 10.3. The van der Waals surface area contributed by atoms with Crippen LogP contribution < -0.4 is 10.0 Å². The highest BCUT2D eigenvalue weighted by molar-refractivity contribution is 7.89.